The lowest BCUT2D eigenvalue weighted by Gasteiger charge is -2.22. The molecular weight excluding hydrogens is 248 g/mol. The van der Waals surface area contributed by atoms with Gasteiger partial charge in [-0.2, -0.15) is 9.13 Å². The third-order valence-corrected chi connectivity index (χ3v) is 4.64. The average molecular weight is 269 g/mol. The topological polar surface area (TPSA) is 46.1 Å². The molecule has 0 amide bonds. The molecule has 1 saturated carbocycles. The van der Waals surface area contributed by atoms with Gasteiger partial charge in [0.05, 0.1) is 7.05 Å². The Bertz CT molecular complexity index is 505. The van der Waals surface area contributed by atoms with Crippen LogP contribution in [0.2, 0.25) is 0 Å². The molecule has 18 heavy (non-hydrogen) atoms. The van der Waals surface area contributed by atoms with Crippen LogP contribution in [-0.4, -0.2) is 15.9 Å². The molecule has 0 radical (unpaired) electrons. The summed E-state index contributed by atoms with van der Waals surface area (Å²) in [5.41, 5.74) is 0.405. The van der Waals surface area contributed by atoms with E-state index in [9.17, 15) is 9.90 Å². The number of rotatable bonds is 2. The van der Waals surface area contributed by atoms with Gasteiger partial charge in [0, 0.05) is 0 Å². The van der Waals surface area contributed by atoms with Gasteiger partial charge in [0.2, 0.25) is 0 Å². The smallest absolute Gasteiger partial charge is 0.345 e. The first-order valence-corrected chi connectivity index (χ1v) is 7.68. The molecule has 0 aliphatic heterocycles. The minimum Gasteiger partial charge on any atom is -0.477 e. The van der Waals surface area contributed by atoms with Crippen LogP contribution >= 0.6 is 11.8 Å². The second kappa shape index (κ2) is 5.34. The number of thioether (sulfide) groups is 1. The van der Waals surface area contributed by atoms with Crippen LogP contribution in [0.3, 0.4) is 0 Å². The standard InChI is InChI=1S/C13H20N2O2S/c1-9-11(16)14(2)13(18-3)15(12(9)17)10-7-5-4-6-8-10/h10H,4-8H2,1-3H3/p+1. The van der Waals surface area contributed by atoms with Gasteiger partial charge in [0.1, 0.15) is 11.6 Å². The second-order valence-electron chi connectivity index (χ2n) is 4.96. The Hall–Kier alpha value is -0.970. The maximum absolute atomic E-state index is 12.4. The Kier molecular flexibility index (Phi) is 4.00. The minimum absolute atomic E-state index is 0.0400. The van der Waals surface area contributed by atoms with E-state index in [1.54, 1.807) is 11.5 Å². The Morgan fingerprint density at radius 3 is 2.50 bits per heavy atom. The van der Waals surface area contributed by atoms with Crippen LogP contribution in [0.1, 0.15) is 43.7 Å². The van der Waals surface area contributed by atoms with Gasteiger partial charge >= 0.3 is 10.7 Å². The summed E-state index contributed by atoms with van der Waals surface area (Å²) in [4.78, 5) is 12.4. The summed E-state index contributed by atoms with van der Waals surface area (Å²) in [5, 5.41) is 10.8. The summed E-state index contributed by atoms with van der Waals surface area (Å²) in [5.74, 6) is 0.0800. The van der Waals surface area contributed by atoms with Crippen molar-refractivity contribution >= 4 is 11.8 Å². The molecule has 1 fully saturated rings. The zero-order chi connectivity index (χ0) is 13.3. The van der Waals surface area contributed by atoms with E-state index in [1.165, 1.54) is 31.0 Å². The van der Waals surface area contributed by atoms with Crippen molar-refractivity contribution in [3.8, 4) is 5.88 Å². The zero-order valence-electron chi connectivity index (χ0n) is 11.3. The largest absolute Gasteiger partial charge is 0.477 e. The van der Waals surface area contributed by atoms with E-state index in [0.29, 0.717) is 11.6 Å². The molecule has 0 saturated heterocycles. The van der Waals surface area contributed by atoms with Crippen molar-refractivity contribution in [2.75, 3.05) is 6.26 Å². The molecule has 0 spiro atoms. The number of hydrogen-bond donors (Lipinski definition) is 1. The van der Waals surface area contributed by atoms with Crippen LogP contribution in [0, 0.1) is 6.92 Å². The average Bonchev–Trinajstić information content (AvgIpc) is 2.41. The molecule has 4 nitrogen and oxygen atoms in total. The van der Waals surface area contributed by atoms with Crippen LogP contribution in [0.25, 0.3) is 0 Å². The van der Waals surface area contributed by atoms with E-state index in [1.807, 2.05) is 17.9 Å². The first kappa shape index (κ1) is 13.5. The molecule has 0 bridgehead atoms. The molecule has 1 N–H and O–H groups in total. The molecule has 1 aliphatic rings. The van der Waals surface area contributed by atoms with Crippen molar-refractivity contribution in [1.29, 1.82) is 0 Å². The van der Waals surface area contributed by atoms with Crippen LogP contribution in [0.15, 0.2) is 9.95 Å². The fourth-order valence-corrected chi connectivity index (χ4v) is 3.55. The van der Waals surface area contributed by atoms with E-state index in [2.05, 4.69) is 0 Å². The lowest BCUT2D eigenvalue weighted by Crippen LogP contribution is -2.43. The van der Waals surface area contributed by atoms with E-state index >= 15 is 0 Å². The molecule has 2 rings (SSSR count). The number of aromatic nitrogens is 2. The third kappa shape index (κ3) is 2.16. The molecule has 0 unspecified atom stereocenters. The summed E-state index contributed by atoms with van der Waals surface area (Å²) in [6.07, 6.45) is 7.73. The normalized spacial score (nSPS) is 17.1. The predicted octanol–water partition coefficient (Wildman–Crippen LogP) is 1.91. The second-order valence-corrected chi connectivity index (χ2v) is 5.73. The summed E-state index contributed by atoms with van der Waals surface area (Å²) >= 11 is 1.52. The molecule has 1 aromatic heterocycles. The third-order valence-electron chi connectivity index (χ3n) is 3.81. The fourth-order valence-electron chi connectivity index (χ4n) is 2.76. The Labute approximate surface area is 112 Å². The van der Waals surface area contributed by atoms with Gasteiger partial charge in [-0.25, -0.2) is 4.79 Å². The van der Waals surface area contributed by atoms with Crippen LogP contribution in [0.4, 0.5) is 0 Å². The van der Waals surface area contributed by atoms with E-state index in [4.69, 9.17) is 0 Å². The Morgan fingerprint density at radius 2 is 1.94 bits per heavy atom. The molecular formula is C13H21N2O2S+. The van der Waals surface area contributed by atoms with Crippen molar-refractivity contribution in [3.05, 3.63) is 15.9 Å². The van der Waals surface area contributed by atoms with Gasteiger partial charge in [-0.3, -0.25) is 0 Å². The summed E-state index contributed by atoms with van der Waals surface area (Å²) in [6, 6.07) is 0.291. The van der Waals surface area contributed by atoms with Gasteiger partial charge in [-0.1, -0.05) is 6.42 Å². The highest BCUT2D eigenvalue weighted by Gasteiger charge is 2.30. The van der Waals surface area contributed by atoms with Gasteiger partial charge in [-0.05, 0) is 50.6 Å². The van der Waals surface area contributed by atoms with Crippen molar-refractivity contribution < 1.29 is 9.67 Å². The Balaban J connectivity index is 2.60. The predicted molar refractivity (Wildman–Crippen MR) is 72.2 cm³/mol. The molecule has 5 heteroatoms. The first-order chi connectivity index (χ1) is 8.57. The van der Waals surface area contributed by atoms with Gasteiger partial charge < -0.3 is 5.11 Å². The SMILES string of the molecule is CSc1n(C2CCCCC2)c(=O)c(C)c(O)[n+]1C. The summed E-state index contributed by atoms with van der Waals surface area (Å²) < 4.78 is 3.61. The number of hydrogen-bond acceptors (Lipinski definition) is 3. The summed E-state index contributed by atoms with van der Waals surface area (Å²) in [6.45, 7) is 1.70. The van der Waals surface area contributed by atoms with E-state index in [0.717, 1.165) is 18.0 Å². The highest BCUT2D eigenvalue weighted by Crippen LogP contribution is 2.29. The van der Waals surface area contributed by atoms with Gasteiger partial charge in [0.25, 0.3) is 5.88 Å². The number of nitrogens with zero attached hydrogens (tertiary/aromatic N) is 2. The van der Waals surface area contributed by atoms with Gasteiger partial charge in [0.15, 0.2) is 0 Å². The van der Waals surface area contributed by atoms with Crippen molar-refractivity contribution in [2.45, 2.75) is 50.2 Å². The van der Waals surface area contributed by atoms with E-state index < -0.39 is 0 Å². The maximum atomic E-state index is 12.4. The minimum atomic E-state index is -0.0400. The molecule has 0 atom stereocenters. The van der Waals surface area contributed by atoms with Crippen LogP contribution < -0.4 is 10.1 Å². The highest BCUT2D eigenvalue weighted by molar-refractivity contribution is 7.98. The number of aromatic hydroxyl groups is 1. The molecule has 1 aromatic rings. The lowest BCUT2D eigenvalue weighted by atomic mass is 9.95. The molecule has 0 aromatic carbocycles. The monoisotopic (exact) mass is 269 g/mol. The quantitative estimate of drug-likeness (QED) is 0.507. The van der Waals surface area contributed by atoms with Crippen LogP contribution in [-0.2, 0) is 7.05 Å². The van der Waals surface area contributed by atoms with Gasteiger partial charge in [-0.15, -0.1) is 0 Å². The molecule has 1 heterocycles. The summed E-state index contributed by atoms with van der Waals surface area (Å²) in [7, 11) is 1.81. The lowest BCUT2D eigenvalue weighted by molar-refractivity contribution is -0.721. The fraction of sp³-hybridized carbons (Fsp3) is 0.692. The van der Waals surface area contributed by atoms with Crippen molar-refractivity contribution in [1.82, 2.24) is 4.57 Å². The molecule has 100 valence electrons. The van der Waals surface area contributed by atoms with Crippen LogP contribution in [0.5, 0.6) is 5.88 Å². The Morgan fingerprint density at radius 1 is 1.33 bits per heavy atom. The highest BCUT2D eigenvalue weighted by atomic mass is 32.2. The zero-order valence-corrected chi connectivity index (χ0v) is 12.1. The van der Waals surface area contributed by atoms with Crippen molar-refractivity contribution in [2.24, 2.45) is 7.05 Å². The molecule has 1 aliphatic carbocycles. The van der Waals surface area contributed by atoms with E-state index in [-0.39, 0.29) is 11.4 Å². The maximum Gasteiger partial charge on any atom is 0.345 e. The van der Waals surface area contributed by atoms with Crippen molar-refractivity contribution in [3.63, 3.8) is 0 Å². The first-order valence-electron chi connectivity index (χ1n) is 6.46.